The second kappa shape index (κ2) is 7.07. The molecule has 2 unspecified atom stereocenters. The summed E-state index contributed by atoms with van der Waals surface area (Å²) in [4.78, 5) is 16.6. The summed E-state index contributed by atoms with van der Waals surface area (Å²) in [5.74, 6) is -0.838. The summed E-state index contributed by atoms with van der Waals surface area (Å²) < 4.78 is 19.1. The molecule has 5 nitrogen and oxygen atoms in total. The summed E-state index contributed by atoms with van der Waals surface area (Å²) >= 11 is 0. The van der Waals surface area contributed by atoms with Crippen LogP contribution < -0.4 is 5.73 Å². The Kier molecular flexibility index (Phi) is 5.37. The Hall–Kier alpha value is -1.66. The third kappa shape index (κ3) is 3.56. The summed E-state index contributed by atoms with van der Waals surface area (Å²) in [6, 6.07) is 4.62. The number of hydrogen-bond acceptors (Lipinski definition) is 4. The minimum atomic E-state index is -0.563. The highest BCUT2D eigenvalue weighted by molar-refractivity contribution is 5.95. The lowest BCUT2D eigenvalue weighted by molar-refractivity contribution is 0.0191. The summed E-state index contributed by atoms with van der Waals surface area (Å²) in [6.07, 6.45) is 0. The molecule has 1 saturated heterocycles. The van der Waals surface area contributed by atoms with Crippen molar-refractivity contribution in [3.05, 3.63) is 29.6 Å². The Balaban J connectivity index is 2.09. The van der Waals surface area contributed by atoms with Gasteiger partial charge in [0.15, 0.2) is 0 Å². The predicted octanol–water partition coefficient (Wildman–Crippen LogP) is 1.59. The Morgan fingerprint density at radius 3 is 2.55 bits per heavy atom. The molecule has 0 radical (unpaired) electrons. The standard InChI is InChI=1S/C16H24FN3O2/c1-11-9-19(10-12(2)20(11)6-7-22-3)16(21)14-5-4-13(18)8-15(14)17/h4-5,8,11-12H,6-7,9-10,18H2,1-3H3. The van der Waals surface area contributed by atoms with E-state index >= 15 is 0 Å². The lowest BCUT2D eigenvalue weighted by Gasteiger charge is -2.44. The van der Waals surface area contributed by atoms with Crippen molar-refractivity contribution >= 4 is 11.6 Å². The molecule has 1 aliphatic rings. The number of nitrogen functional groups attached to an aromatic ring is 1. The monoisotopic (exact) mass is 309 g/mol. The van der Waals surface area contributed by atoms with Crippen LogP contribution in [0.3, 0.4) is 0 Å². The predicted molar refractivity (Wildman–Crippen MR) is 84.2 cm³/mol. The number of piperazine rings is 1. The number of hydrogen-bond donors (Lipinski definition) is 1. The average Bonchev–Trinajstić information content (AvgIpc) is 2.45. The second-order valence-corrected chi connectivity index (χ2v) is 5.88. The maximum atomic E-state index is 13.9. The molecular weight excluding hydrogens is 285 g/mol. The molecule has 1 fully saturated rings. The number of benzene rings is 1. The number of anilines is 1. The van der Waals surface area contributed by atoms with Crippen LogP contribution in [0.1, 0.15) is 24.2 Å². The molecule has 0 saturated carbocycles. The summed E-state index contributed by atoms with van der Waals surface area (Å²) in [5, 5.41) is 0. The number of methoxy groups -OCH3 is 1. The van der Waals surface area contributed by atoms with Crippen LogP contribution >= 0.6 is 0 Å². The Bertz CT molecular complexity index is 526. The van der Waals surface area contributed by atoms with Gasteiger partial charge >= 0.3 is 0 Å². The first kappa shape index (κ1) is 16.7. The molecule has 0 aliphatic carbocycles. The number of halogens is 1. The van der Waals surface area contributed by atoms with Crippen molar-refractivity contribution < 1.29 is 13.9 Å². The number of carbonyl (C=O) groups excluding carboxylic acids is 1. The molecule has 0 aromatic heterocycles. The summed E-state index contributed by atoms with van der Waals surface area (Å²) in [5.41, 5.74) is 5.93. The van der Waals surface area contributed by atoms with Gasteiger partial charge in [-0.1, -0.05) is 0 Å². The highest BCUT2D eigenvalue weighted by Gasteiger charge is 2.32. The number of rotatable bonds is 4. The van der Waals surface area contributed by atoms with Crippen molar-refractivity contribution in [2.45, 2.75) is 25.9 Å². The molecule has 122 valence electrons. The van der Waals surface area contributed by atoms with E-state index < -0.39 is 5.82 Å². The molecule has 1 aromatic rings. The smallest absolute Gasteiger partial charge is 0.256 e. The molecule has 2 N–H and O–H groups in total. The zero-order valence-corrected chi connectivity index (χ0v) is 13.4. The first-order chi connectivity index (χ1) is 10.4. The van der Waals surface area contributed by atoms with Gasteiger partial charge in [0.2, 0.25) is 0 Å². The third-order valence-corrected chi connectivity index (χ3v) is 4.17. The average molecular weight is 309 g/mol. The maximum Gasteiger partial charge on any atom is 0.256 e. The van der Waals surface area contributed by atoms with Crippen molar-refractivity contribution in [3.8, 4) is 0 Å². The van der Waals surface area contributed by atoms with Gasteiger partial charge in [-0.3, -0.25) is 9.69 Å². The number of carbonyl (C=O) groups is 1. The fourth-order valence-electron chi connectivity index (χ4n) is 3.04. The van der Waals surface area contributed by atoms with Gasteiger partial charge < -0.3 is 15.4 Å². The van der Waals surface area contributed by atoms with E-state index in [1.807, 2.05) is 0 Å². The van der Waals surface area contributed by atoms with Gasteiger partial charge in [-0.15, -0.1) is 0 Å². The van der Waals surface area contributed by atoms with Crippen LogP contribution in [0.2, 0.25) is 0 Å². The quantitative estimate of drug-likeness (QED) is 0.858. The Labute approximate surface area is 130 Å². The highest BCUT2D eigenvalue weighted by Crippen LogP contribution is 2.20. The second-order valence-electron chi connectivity index (χ2n) is 5.88. The minimum Gasteiger partial charge on any atom is -0.399 e. The van der Waals surface area contributed by atoms with Crippen molar-refractivity contribution in [2.75, 3.05) is 39.1 Å². The van der Waals surface area contributed by atoms with E-state index in [2.05, 4.69) is 18.7 Å². The third-order valence-electron chi connectivity index (χ3n) is 4.17. The van der Waals surface area contributed by atoms with Crippen LogP contribution in [-0.2, 0) is 4.74 Å². The molecule has 0 bridgehead atoms. The molecule has 1 aliphatic heterocycles. The molecule has 0 spiro atoms. The van der Waals surface area contributed by atoms with Crippen molar-refractivity contribution in [2.24, 2.45) is 0 Å². The van der Waals surface area contributed by atoms with Crippen LogP contribution in [-0.4, -0.2) is 61.1 Å². The van der Waals surface area contributed by atoms with E-state index in [0.29, 0.717) is 25.4 Å². The normalized spacial score (nSPS) is 22.8. The Morgan fingerprint density at radius 2 is 2.00 bits per heavy atom. The van der Waals surface area contributed by atoms with Crippen LogP contribution in [0, 0.1) is 5.82 Å². The van der Waals surface area contributed by atoms with Gasteiger partial charge in [-0.2, -0.15) is 0 Å². The SMILES string of the molecule is COCCN1C(C)CN(C(=O)c2ccc(N)cc2F)CC1C. The molecule has 6 heteroatoms. The van der Waals surface area contributed by atoms with Crippen LogP contribution in [0.4, 0.5) is 10.1 Å². The van der Waals surface area contributed by atoms with Gasteiger partial charge in [-0.05, 0) is 32.0 Å². The molecule has 2 atom stereocenters. The molecular formula is C16H24FN3O2. The van der Waals surface area contributed by atoms with Crippen LogP contribution in [0.15, 0.2) is 18.2 Å². The first-order valence-electron chi connectivity index (χ1n) is 7.53. The van der Waals surface area contributed by atoms with Gasteiger partial charge in [-0.25, -0.2) is 4.39 Å². The fraction of sp³-hybridized carbons (Fsp3) is 0.562. The molecule has 2 rings (SSSR count). The van der Waals surface area contributed by atoms with Crippen LogP contribution in [0.5, 0.6) is 0 Å². The van der Waals surface area contributed by atoms with E-state index in [9.17, 15) is 9.18 Å². The summed E-state index contributed by atoms with van der Waals surface area (Å²) in [7, 11) is 1.68. The molecule has 1 amide bonds. The van der Waals surface area contributed by atoms with E-state index in [1.165, 1.54) is 12.1 Å². The van der Waals surface area contributed by atoms with Crippen molar-refractivity contribution in [1.82, 2.24) is 9.80 Å². The molecule has 1 heterocycles. The lowest BCUT2D eigenvalue weighted by Crippen LogP contribution is -2.58. The lowest BCUT2D eigenvalue weighted by atomic mass is 10.1. The first-order valence-corrected chi connectivity index (χ1v) is 7.53. The fourth-order valence-corrected chi connectivity index (χ4v) is 3.04. The highest BCUT2D eigenvalue weighted by atomic mass is 19.1. The van der Waals surface area contributed by atoms with Gasteiger partial charge in [0.05, 0.1) is 12.2 Å². The van der Waals surface area contributed by atoms with E-state index in [-0.39, 0.29) is 23.6 Å². The summed E-state index contributed by atoms with van der Waals surface area (Å²) in [6.45, 7) is 6.80. The number of nitrogens with two attached hydrogens (primary N) is 1. The van der Waals surface area contributed by atoms with E-state index in [1.54, 1.807) is 18.1 Å². The largest absolute Gasteiger partial charge is 0.399 e. The van der Waals surface area contributed by atoms with Crippen molar-refractivity contribution in [1.29, 1.82) is 0 Å². The maximum absolute atomic E-state index is 13.9. The number of amides is 1. The topological polar surface area (TPSA) is 58.8 Å². The zero-order valence-electron chi connectivity index (χ0n) is 13.4. The van der Waals surface area contributed by atoms with Gasteiger partial charge in [0, 0.05) is 44.5 Å². The number of nitrogens with zero attached hydrogens (tertiary/aromatic N) is 2. The molecule has 1 aromatic carbocycles. The number of ether oxygens (including phenoxy) is 1. The zero-order chi connectivity index (χ0) is 16.3. The van der Waals surface area contributed by atoms with Gasteiger partial charge in [0.1, 0.15) is 5.82 Å². The van der Waals surface area contributed by atoms with E-state index in [0.717, 1.165) is 6.54 Å². The van der Waals surface area contributed by atoms with Crippen molar-refractivity contribution in [3.63, 3.8) is 0 Å². The van der Waals surface area contributed by atoms with Crippen LogP contribution in [0.25, 0.3) is 0 Å². The van der Waals surface area contributed by atoms with E-state index in [4.69, 9.17) is 10.5 Å². The Morgan fingerprint density at radius 1 is 1.36 bits per heavy atom. The van der Waals surface area contributed by atoms with Gasteiger partial charge in [0.25, 0.3) is 5.91 Å². The minimum absolute atomic E-state index is 0.0824. The molecule has 22 heavy (non-hydrogen) atoms.